The van der Waals surface area contributed by atoms with Gasteiger partial charge in [0, 0.05) is 39.6 Å². The van der Waals surface area contributed by atoms with Crippen molar-refractivity contribution < 1.29 is 14.3 Å². The molecule has 2 fully saturated rings. The molecule has 2 saturated heterocycles. The van der Waals surface area contributed by atoms with E-state index in [0.29, 0.717) is 39.4 Å². The molecule has 18 heavy (non-hydrogen) atoms. The van der Waals surface area contributed by atoms with E-state index < -0.39 is 0 Å². The number of ether oxygens (including phenoxy) is 1. The fourth-order valence-corrected chi connectivity index (χ4v) is 2.42. The minimum Gasteiger partial charge on any atom is -0.378 e. The molecule has 0 aromatic rings. The first kappa shape index (κ1) is 13.3. The lowest BCUT2D eigenvalue weighted by Crippen LogP contribution is -2.60. The second kappa shape index (κ2) is 5.67. The number of nitrogens with zero attached hydrogens (tertiary/aromatic N) is 3. The third-order valence-corrected chi connectivity index (χ3v) is 3.70. The summed E-state index contributed by atoms with van der Waals surface area (Å²) in [5.74, 6) is 0.162. The Morgan fingerprint density at radius 1 is 1.06 bits per heavy atom. The average Bonchev–Trinajstić information content (AvgIpc) is 2.39. The van der Waals surface area contributed by atoms with Gasteiger partial charge in [0.1, 0.15) is 6.04 Å². The summed E-state index contributed by atoms with van der Waals surface area (Å²) in [5, 5.41) is 0. The van der Waals surface area contributed by atoms with Crippen LogP contribution >= 0.6 is 0 Å². The summed E-state index contributed by atoms with van der Waals surface area (Å²) in [6, 6.07) is -0.208. The zero-order chi connectivity index (χ0) is 13.1. The highest BCUT2D eigenvalue weighted by atomic mass is 16.5. The topological polar surface area (TPSA) is 53.1 Å². The third-order valence-electron chi connectivity index (χ3n) is 3.70. The third kappa shape index (κ3) is 2.81. The van der Waals surface area contributed by atoms with Gasteiger partial charge in [0.05, 0.1) is 13.2 Å². The number of hydrogen-bond acceptors (Lipinski definition) is 4. The van der Waals surface area contributed by atoms with E-state index in [1.807, 2.05) is 16.8 Å². The highest BCUT2D eigenvalue weighted by Crippen LogP contribution is 2.12. The molecule has 2 rings (SSSR count). The molecule has 2 aliphatic heterocycles. The normalized spacial score (nSPS) is 26.2. The van der Waals surface area contributed by atoms with Gasteiger partial charge in [-0.05, 0) is 7.05 Å². The number of carbonyl (C=O) groups is 2. The van der Waals surface area contributed by atoms with Crippen molar-refractivity contribution >= 4 is 11.8 Å². The summed E-state index contributed by atoms with van der Waals surface area (Å²) in [6.45, 7) is 6.05. The number of carbonyl (C=O) groups excluding carboxylic acids is 2. The highest BCUT2D eigenvalue weighted by Gasteiger charge is 2.34. The van der Waals surface area contributed by atoms with E-state index in [-0.39, 0.29) is 17.9 Å². The number of amides is 2. The van der Waals surface area contributed by atoms with Crippen LogP contribution in [0.2, 0.25) is 0 Å². The quantitative estimate of drug-likeness (QED) is 0.603. The van der Waals surface area contributed by atoms with Crippen LogP contribution < -0.4 is 0 Å². The zero-order valence-electron chi connectivity index (χ0n) is 11.1. The first-order valence-electron chi connectivity index (χ1n) is 6.42. The summed E-state index contributed by atoms with van der Waals surface area (Å²) >= 11 is 0. The summed E-state index contributed by atoms with van der Waals surface area (Å²) < 4.78 is 5.25. The summed E-state index contributed by atoms with van der Waals surface area (Å²) in [4.78, 5) is 29.5. The molecule has 2 heterocycles. The van der Waals surface area contributed by atoms with Crippen molar-refractivity contribution in [2.75, 3.05) is 53.0 Å². The van der Waals surface area contributed by atoms with Crippen LogP contribution in [-0.2, 0) is 14.3 Å². The van der Waals surface area contributed by atoms with Crippen LogP contribution in [-0.4, -0.2) is 85.5 Å². The highest BCUT2D eigenvalue weighted by molar-refractivity contribution is 5.83. The van der Waals surface area contributed by atoms with Crippen molar-refractivity contribution in [2.45, 2.75) is 13.0 Å². The average molecular weight is 255 g/mol. The second-order valence-corrected chi connectivity index (χ2v) is 4.90. The Morgan fingerprint density at radius 3 is 2.33 bits per heavy atom. The smallest absolute Gasteiger partial charge is 0.241 e. The monoisotopic (exact) mass is 255 g/mol. The number of hydrogen-bond donors (Lipinski definition) is 0. The van der Waals surface area contributed by atoms with Crippen molar-refractivity contribution in [1.29, 1.82) is 0 Å². The van der Waals surface area contributed by atoms with Crippen LogP contribution in [0.5, 0.6) is 0 Å². The van der Waals surface area contributed by atoms with Crippen LogP contribution in [0, 0.1) is 0 Å². The largest absolute Gasteiger partial charge is 0.378 e. The standard InChI is InChI=1S/C12H21N3O3/c1-10(16)15-4-3-13(2)11(9-15)12(17)14-5-7-18-8-6-14/h11H,3-9H2,1-2H3. The van der Waals surface area contributed by atoms with E-state index in [2.05, 4.69) is 0 Å². The molecule has 0 bridgehead atoms. The van der Waals surface area contributed by atoms with Gasteiger partial charge in [-0.25, -0.2) is 0 Å². The van der Waals surface area contributed by atoms with E-state index >= 15 is 0 Å². The van der Waals surface area contributed by atoms with Gasteiger partial charge >= 0.3 is 0 Å². The molecule has 6 heteroatoms. The van der Waals surface area contributed by atoms with Gasteiger partial charge in [0.15, 0.2) is 0 Å². The van der Waals surface area contributed by atoms with E-state index in [1.54, 1.807) is 11.8 Å². The van der Waals surface area contributed by atoms with Crippen molar-refractivity contribution in [1.82, 2.24) is 14.7 Å². The number of rotatable bonds is 1. The van der Waals surface area contributed by atoms with Crippen LogP contribution in [0.25, 0.3) is 0 Å². The van der Waals surface area contributed by atoms with Crippen molar-refractivity contribution in [3.8, 4) is 0 Å². The second-order valence-electron chi connectivity index (χ2n) is 4.90. The van der Waals surface area contributed by atoms with Gasteiger partial charge in [-0.15, -0.1) is 0 Å². The lowest BCUT2D eigenvalue weighted by Gasteiger charge is -2.40. The molecule has 0 radical (unpaired) electrons. The molecule has 0 aromatic carbocycles. The van der Waals surface area contributed by atoms with E-state index in [1.165, 1.54) is 0 Å². The Morgan fingerprint density at radius 2 is 1.72 bits per heavy atom. The fourth-order valence-electron chi connectivity index (χ4n) is 2.42. The molecular formula is C12H21N3O3. The number of likely N-dealkylation sites (N-methyl/N-ethyl adjacent to an activating group) is 1. The lowest BCUT2D eigenvalue weighted by atomic mass is 10.1. The Kier molecular flexibility index (Phi) is 4.19. The Bertz CT molecular complexity index is 329. The molecule has 0 aliphatic carbocycles. The molecule has 6 nitrogen and oxygen atoms in total. The van der Waals surface area contributed by atoms with Crippen LogP contribution in [0.3, 0.4) is 0 Å². The maximum absolute atomic E-state index is 12.4. The summed E-state index contributed by atoms with van der Waals surface area (Å²) in [7, 11) is 1.94. The summed E-state index contributed by atoms with van der Waals surface area (Å²) in [5.41, 5.74) is 0. The van der Waals surface area contributed by atoms with E-state index in [9.17, 15) is 9.59 Å². The lowest BCUT2D eigenvalue weighted by molar-refractivity contribution is -0.145. The number of piperazine rings is 1. The Hall–Kier alpha value is -1.14. The van der Waals surface area contributed by atoms with Crippen LogP contribution in [0.1, 0.15) is 6.92 Å². The Balaban J connectivity index is 2.00. The van der Waals surface area contributed by atoms with Gasteiger partial charge in [-0.2, -0.15) is 0 Å². The minimum atomic E-state index is -0.208. The predicted molar refractivity (Wildman–Crippen MR) is 66.1 cm³/mol. The van der Waals surface area contributed by atoms with Gasteiger partial charge in [-0.1, -0.05) is 0 Å². The van der Waals surface area contributed by atoms with Crippen molar-refractivity contribution in [2.24, 2.45) is 0 Å². The maximum Gasteiger partial charge on any atom is 0.241 e. The zero-order valence-corrected chi connectivity index (χ0v) is 11.1. The molecule has 0 N–H and O–H groups in total. The van der Waals surface area contributed by atoms with Gasteiger partial charge in [0.25, 0.3) is 0 Å². The minimum absolute atomic E-state index is 0.0443. The number of morpholine rings is 1. The van der Waals surface area contributed by atoms with Gasteiger partial charge in [0.2, 0.25) is 11.8 Å². The maximum atomic E-state index is 12.4. The first-order chi connectivity index (χ1) is 8.59. The molecule has 1 unspecified atom stereocenters. The van der Waals surface area contributed by atoms with Crippen LogP contribution in [0.15, 0.2) is 0 Å². The fraction of sp³-hybridized carbons (Fsp3) is 0.833. The molecule has 2 aliphatic rings. The Labute approximate surface area is 107 Å². The predicted octanol–water partition coefficient (Wildman–Crippen LogP) is -0.992. The van der Waals surface area contributed by atoms with Crippen molar-refractivity contribution in [3.63, 3.8) is 0 Å². The molecule has 2 amide bonds. The van der Waals surface area contributed by atoms with E-state index in [4.69, 9.17) is 4.74 Å². The van der Waals surface area contributed by atoms with Crippen LogP contribution in [0.4, 0.5) is 0 Å². The first-order valence-corrected chi connectivity index (χ1v) is 6.42. The summed E-state index contributed by atoms with van der Waals surface area (Å²) in [6.07, 6.45) is 0. The molecule has 0 saturated carbocycles. The van der Waals surface area contributed by atoms with Crippen molar-refractivity contribution in [3.05, 3.63) is 0 Å². The molecule has 102 valence electrons. The SMILES string of the molecule is CC(=O)N1CCN(C)C(C(=O)N2CCOCC2)C1. The molecule has 1 atom stereocenters. The molecular weight excluding hydrogens is 234 g/mol. The van der Waals surface area contributed by atoms with Gasteiger partial charge in [-0.3, -0.25) is 14.5 Å². The molecule has 0 aromatic heterocycles. The van der Waals surface area contributed by atoms with E-state index in [0.717, 1.165) is 6.54 Å². The van der Waals surface area contributed by atoms with Gasteiger partial charge < -0.3 is 14.5 Å². The molecule has 0 spiro atoms.